The van der Waals surface area contributed by atoms with Crippen LogP contribution < -0.4 is 9.54 Å². The highest BCUT2D eigenvalue weighted by Gasteiger charge is 2.11. The predicted molar refractivity (Wildman–Crippen MR) is 129 cm³/mol. The lowest BCUT2D eigenvalue weighted by molar-refractivity contribution is 0.0998. The number of benzene rings is 2. The molecule has 0 unspecified atom stereocenters. The summed E-state index contributed by atoms with van der Waals surface area (Å²) in [6.45, 7) is 7.95. The monoisotopic (exact) mass is 442 g/mol. The zero-order valence-corrected chi connectivity index (χ0v) is 19.9. The second-order valence-corrected chi connectivity index (χ2v) is 9.42. The zero-order valence-electron chi connectivity index (χ0n) is 18.2. The first-order valence-corrected chi connectivity index (χ1v) is 12.7. The SMILES string of the molecule is CCCCCOc1ccc(C(=O)N=c2sc3c(C)cc(C)cc3n2CCSC)cc1. The molecule has 0 atom stereocenters. The summed E-state index contributed by atoms with van der Waals surface area (Å²) < 4.78 is 9.12. The summed E-state index contributed by atoms with van der Waals surface area (Å²) in [5, 5.41) is 0. The third-order valence-electron chi connectivity index (χ3n) is 4.95. The number of aromatic nitrogens is 1. The number of carbonyl (C=O) groups is 1. The Hall–Kier alpha value is -2.05. The van der Waals surface area contributed by atoms with Gasteiger partial charge in [-0.2, -0.15) is 16.8 Å². The van der Waals surface area contributed by atoms with Gasteiger partial charge in [-0.1, -0.05) is 37.2 Å². The first kappa shape index (κ1) is 22.6. The number of hydrogen-bond acceptors (Lipinski definition) is 4. The van der Waals surface area contributed by atoms with Crippen LogP contribution in [-0.4, -0.2) is 29.1 Å². The van der Waals surface area contributed by atoms with Gasteiger partial charge in [-0.05, 0) is 68.0 Å². The lowest BCUT2D eigenvalue weighted by Gasteiger charge is -2.06. The van der Waals surface area contributed by atoms with Crippen molar-refractivity contribution < 1.29 is 9.53 Å². The van der Waals surface area contributed by atoms with Crippen molar-refractivity contribution in [2.45, 2.75) is 46.6 Å². The Bertz CT molecular complexity index is 1070. The number of unbranched alkanes of at least 4 members (excludes halogenated alkanes) is 2. The lowest BCUT2D eigenvalue weighted by atomic mass is 10.1. The third kappa shape index (κ3) is 5.55. The second-order valence-electron chi connectivity index (χ2n) is 7.46. The molecule has 30 heavy (non-hydrogen) atoms. The van der Waals surface area contributed by atoms with Crippen molar-refractivity contribution in [2.24, 2.45) is 4.99 Å². The average molecular weight is 443 g/mol. The fourth-order valence-corrected chi connectivity index (χ4v) is 4.85. The highest BCUT2D eigenvalue weighted by molar-refractivity contribution is 7.98. The molecule has 1 amide bonds. The number of carbonyl (C=O) groups excluding carboxylic acids is 1. The number of nitrogens with zero attached hydrogens (tertiary/aromatic N) is 2. The molecular weight excluding hydrogens is 412 g/mol. The number of rotatable bonds is 9. The minimum absolute atomic E-state index is 0.216. The number of thioether (sulfide) groups is 1. The van der Waals surface area contributed by atoms with Crippen LogP contribution in [0.4, 0.5) is 0 Å². The molecule has 0 aliphatic heterocycles. The maximum atomic E-state index is 12.9. The first-order valence-electron chi connectivity index (χ1n) is 10.4. The van der Waals surface area contributed by atoms with Crippen LogP contribution in [0.5, 0.6) is 5.75 Å². The van der Waals surface area contributed by atoms with Crippen molar-refractivity contribution in [3.63, 3.8) is 0 Å². The molecule has 0 spiro atoms. The van der Waals surface area contributed by atoms with Gasteiger partial charge in [-0.15, -0.1) is 0 Å². The molecule has 0 aliphatic carbocycles. The number of fused-ring (bicyclic) bond motifs is 1. The standard InChI is InChI=1S/C24H30N2O2S2/c1-5-6-7-13-28-20-10-8-19(9-11-20)23(27)25-24-26(12-14-29-4)21-16-17(2)15-18(3)22(21)30-24/h8-11,15-16H,5-7,12-14H2,1-4H3. The summed E-state index contributed by atoms with van der Waals surface area (Å²) in [5.41, 5.74) is 4.20. The molecule has 0 radical (unpaired) electrons. The van der Waals surface area contributed by atoms with Gasteiger partial charge in [0.1, 0.15) is 5.75 Å². The van der Waals surface area contributed by atoms with E-state index >= 15 is 0 Å². The van der Waals surface area contributed by atoms with Gasteiger partial charge < -0.3 is 9.30 Å². The summed E-state index contributed by atoms with van der Waals surface area (Å²) in [5.74, 6) is 1.56. The van der Waals surface area contributed by atoms with E-state index in [9.17, 15) is 4.79 Å². The Labute approximate surface area is 187 Å². The van der Waals surface area contributed by atoms with E-state index in [2.05, 4.69) is 48.7 Å². The van der Waals surface area contributed by atoms with E-state index in [1.165, 1.54) is 28.7 Å². The van der Waals surface area contributed by atoms with E-state index in [0.29, 0.717) is 12.2 Å². The molecule has 1 aromatic heterocycles. The summed E-state index contributed by atoms with van der Waals surface area (Å²) in [7, 11) is 0. The van der Waals surface area contributed by atoms with Crippen LogP contribution in [0.2, 0.25) is 0 Å². The Morgan fingerprint density at radius 2 is 1.93 bits per heavy atom. The summed E-state index contributed by atoms with van der Waals surface area (Å²) in [4.78, 5) is 18.1. The molecule has 0 N–H and O–H groups in total. The largest absolute Gasteiger partial charge is 0.494 e. The molecule has 0 saturated heterocycles. The average Bonchev–Trinajstić information content (AvgIpc) is 3.07. The fraction of sp³-hybridized carbons (Fsp3) is 0.417. The van der Waals surface area contributed by atoms with Gasteiger partial charge in [0, 0.05) is 17.9 Å². The van der Waals surface area contributed by atoms with E-state index in [0.717, 1.165) is 34.8 Å². The minimum atomic E-state index is -0.216. The fourth-order valence-electron chi connectivity index (χ4n) is 3.38. The number of amides is 1. The number of ether oxygens (including phenoxy) is 1. The topological polar surface area (TPSA) is 43.6 Å². The Balaban J connectivity index is 1.88. The van der Waals surface area contributed by atoms with Crippen LogP contribution >= 0.6 is 23.1 Å². The molecule has 1 heterocycles. The highest BCUT2D eigenvalue weighted by atomic mass is 32.2. The molecule has 6 heteroatoms. The van der Waals surface area contributed by atoms with Crippen LogP contribution in [0.3, 0.4) is 0 Å². The van der Waals surface area contributed by atoms with E-state index in [-0.39, 0.29) is 5.91 Å². The Morgan fingerprint density at radius 1 is 1.17 bits per heavy atom. The maximum absolute atomic E-state index is 12.9. The summed E-state index contributed by atoms with van der Waals surface area (Å²) in [6.07, 6.45) is 5.49. The lowest BCUT2D eigenvalue weighted by Crippen LogP contribution is -2.18. The van der Waals surface area contributed by atoms with Crippen molar-refractivity contribution in [3.8, 4) is 5.75 Å². The highest BCUT2D eigenvalue weighted by Crippen LogP contribution is 2.24. The van der Waals surface area contributed by atoms with Crippen LogP contribution in [0.25, 0.3) is 10.2 Å². The van der Waals surface area contributed by atoms with Gasteiger partial charge in [0.25, 0.3) is 5.91 Å². The molecule has 0 aliphatic rings. The van der Waals surface area contributed by atoms with Gasteiger partial charge in [0.05, 0.1) is 16.8 Å². The smallest absolute Gasteiger partial charge is 0.279 e. The van der Waals surface area contributed by atoms with Crippen LogP contribution in [0.1, 0.15) is 47.7 Å². The molecule has 4 nitrogen and oxygen atoms in total. The Morgan fingerprint density at radius 3 is 2.63 bits per heavy atom. The van der Waals surface area contributed by atoms with Crippen molar-refractivity contribution in [1.29, 1.82) is 0 Å². The predicted octanol–water partition coefficient (Wildman–Crippen LogP) is 5.99. The molecule has 160 valence electrons. The molecule has 0 bridgehead atoms. The van der Waals surface area contributed by atoms with Gasteiger partial charge in [0.15, 0.2) is 4.80 Å². The van der Waals surface area contributed by atoms with Crippen LogP contribution in [-0.2, 0) is 6.54 Å². The van der Waals surface area contributed by atoms with Gasteiger partial charge >= 0.3 is 0 Å². The van der Waals surface area contributed by atoms with E-state index in [1.54, 1.807) is 35.2 Å². The third-order valence-corrected chi connectivity index (χ3v) is 6.77. The first-order chi connectivity index (χ1) is 14.5. The number of thiazole rings is 1. The van der Waals surface area contributed by atoms with Crippen molar-refractivity contribution in [3.05, 3.63) is 57.9 Å². The van der Waals surface area contributed by atoms with Gasteiger partial charge in [0.2, 0.25) is 0 Å². The second kappa shape index (κ2) is 10.8. The van der Waals surface area contributed by atoms with Crippen LogP contribution in [0.15, 0.2) is 41.4 Å². The summed E-state index contributed by atoms with van der Waals surface area (Å²) >= 11 is 3.39. The van der Waals surface area contributed by atoms with Gasteiger partial charge in [-0.3, -0.25) is 4.79 Å². The van der Waals surface area contributed by atoms with Gasteiger partial charge in [-0.25, -0.2) is 0 Å². The molecule has 3 aromatic rings. The quantitative estimate of drug-likeness (QED) is 0.382. The van der Waals surface area contributed by atoms with E-state index < -0.39 is 0 Å². The summed E-state index contributed by atoms with van der Waals surface area (Å²) in [6, 6.07) is 11.7. The van der Waals surface area contributed by atoms with Crippen molar-refractivity contribution in [2.75, 3.05) is 18.6 Å². The molecule has 0 saturated carbocycles. The zero-order chi connectivity index (χ0) is 21.5. The molecule has 0 fully saturated rings. The van der Waals surface area contributed by atoms with Crippen molar-refractivity contribution in [1.82, 2.24) is 4.57 Å². The normalized spacial score (nSPS) is 11.9. The van der Waals surface area contributed by atoms with Crippen LogP contribution in [0, 0.1) is 13.8 Å². The molecule has 3 rings (SSSR count). The number of aryl methyl sites for hydroxylation is 3. The molecule has 2 aromatic carbocycles. The Kier molecular flexibility index (Phi) is 8.16. The van der Waals surface area contributed by atoms with Crippen molar-refractivity contribution >= 4 is 39.2 Å². The molecular formula is C24H30N2O2S2. The minimum Gasteiger partial charge on any atom is -0.494 e. The van der Waals surface area contributed by atoms with E-state index in [4.69, 9.17) is 4.74 Å². The van der Waals surface area contributed by atoms with E-state index in [1.807, 2.05) is 12.1 Å². The number of hydrogen-bond donors (Lipinski definition) is 0. The maximum Gasteiger partial charge on any atom is 0.279 e.